The maximum absolute atomic E-state index is 12.5. The number of aromatic carboxylic acids is 1. The molecule has 7 heteroatoms. The third-order valence-corrected chi connectivity index (χ3v) is 5.47. The zero-order valence-corrected chi connectivity index (χ0v) is 15.6. The molecule has 1 aliphatic heterocycles. The van der Waals surface area contributed by atoms with Crippen LogP contribution in [0.2, 0.25) is 0 Å². The van der Waals surface area contributed by atoms with Crippen LogP contribution in [0.15, 0.2) is 24.3 Å². The number of hydrogen-bond donors (Lipinski definition) is 3. The Morgan fingerprint density at radius 1 is 1.15 bits per heavy atom. The van der Waals surface area contributed by atoms with Crippen LogP contribution in [-0.4, -0.2) is 53.0 Å². The van der Waals surface area contributed by atoms with Crippen molar-refractivity contribution in [3.63, 3.8) is 0 Å². The average Bonchev–Trinajstić information content (AvgIpc) is 2.96. The highest BCUT2D eigenvalue weighted by Crippen LogP contribution is 2.27. The van der Waals surface area contributed by atoms with Crippen LogP contribution in [0, 0.1) is 5.92 Å². The van der Waals surface area contributed by atoms with E-state index in [1.807, 2.05) is 6.92 Å². The van der Waals surface area contributed by atoms with Crippen molar-refractivity contribution in [2.75, 3.05) is 13.1 Å². The van der Waals surface area contributed by atoms with Gasteiger partial charge in [0.2, 0.25) is 11.8 Å². The fourth-order valence-electron chi connectivity index (χ4n) is 3.72. The first-order valence-corrected chi connectivity index (χ1v) is 9.62. The van der Waals surface area contributed by atoms with Gasteiger partial charge < -0.3 is 15.7 Å². The van der Waals surface area contributed by atoms with Gasteiger partial charge in [0.05, 0.1) is 11.6 Å². The zero-order chi connectivity index (χ0) is 19.4. The van der Waals surface area contributed by atoms with Gasteiger partial charge in [0, 0.05) is 31.6 Å². The third-order valence-electron chi connectivity index (χ3n) is 5.47. The van der Waals surface area contributed by atoms with Crippen molar-refractivity contribution >= 4 is 17.8 Å². The van der Waals surface area contributed by atoms with Crippen molar-refractivity contribution in [1.29, 1.82) is 0 Å². The molecule has 27 heavy (non-hydrogen) atoms. The number of likely N-dealkylation sites (tertiary alicyclic amines) is 1. The van der Waals surface area contributed by atoms with Crippen LogP contribution >= 0.6 is 0 Å². The number of carbonyl (C=O) groups is 3. The second-order valence-electron chi connectivity index (χ2n) is 7.41. The lowest BCUT2D eigenvalue weighted by molar-refractivity contribution is -0.128. The van der Waals surface area contributed by atoms with E-state index < -0.39 is 5.97 Å². The van der Waals surface area contributed by atoms with Crippen LogP contribution in [0.4, 0.5) is 0 Å². The lowest BCUT2D eigenvalue weighted by atomic mass is 9.84. The Morgan fingerprint density at radius 2 is 1.85 bits per heavy atom. The number of nitrogens with one attached hydrogen (secondary N) is 2. The Bertz CT molecular complexity index is 700. The molecule has 1 aromatic rings. The zero-order valence-electron chi connectivity index (χ0n) is 15.6. The van der Waals surface area contributed by atoms with Crippen molar-refractivity contribution in [1.82, 2.24) is 15.5 Å². The largest absolute Gasteiger partial charge is 0.478 e. The molecule has 1 aromatic carbocycles. The van der Waals surface area contributed by atoms with E-state index in [-0.39, 0.29) is 35.4 Å². The minimum atomic E-state index is -0.957. The molecule has 2 atom stereocenters. The fourth-order valence-corrected chi connectivity index (χ4v) is 3.72. The van der Waals surface area contributed by atoms with E-state index in [4.69, 9.17) is 5.11 Å². The average molecular weight is 373 g/mol. The summed E-state index contributed by atoms with van der Waals surface area (Å²) in [6.45, 7) is 3.60. The van der Waals surface area contributed by atoms with Gasteiger partial charge in [-0.05, 0) is 43.9 Å². The molecule has 2 amide bonds. The predicted octanol–water partition coefficient (Wildman–Crippen LogP) is 1.38. The van der Waals surface area contributed by atoms with E-state index in [1.54, 1.807) is 24.3 Å². The highest BCUT2D eigenvalue weighted by molar-refractivity contribution is 5.87. The summed E-state index contributed by atoms with van der Waals surface area (Å²) in [6, 6.07) is 6.37. The normalized spacial score (nSPS) is 22.9. The van der Waals surface area contributed by atoms with Crippen LogP contribution in [0.25, 0.3) is 0 Å². The maximum Gasteiger partial charge on any atom is 0.335 e. The first-order chi connectivity index (χ1) is 13.0. The number of amides is 2. The topological polar surface area (TPSA) is 98.7 Å². The Morgan fingerprint density at radius 3 is 2.41 bits per heavy atom. The van der Waals surface area contributed by atoms with Crippen molar-refractivity contribution in [2.24, 2.45) is 5.92 Å². The van der Waals surface area contributed by atoms with Crippen LogP contribution in [0.3, 0.4) is 0 Å². The molecule has 2 aliphatic rings. The maximum atomic E-state index is 12.5. The monoisotopic (exact) mass is 373 g/mol. The fraction of sp³-hybridized carbons (Fsp3) is 0.550. The summed E-state index contributed by atoms with van der Waals surface area (Å²) in [5.41, 5.74) is 1.19. The summed E-state index contributed by atoms with van der Waals surface area (Å²) in [5, 5.41) is 15.0. The number of likely N-dealkylation sites (N-methyl/N-ethyl adjacent to an activating group) is 1. The molecule has 146 valence electrons. The number of rotatable bonds is 7. The van der Waals surface area contributed by atoms with Gasteiger partial charge in [-0.25, -0.2) is 4.79 Å². The number of benzene rings is 1. The van der Waals surface area contributed by atoms with Gasteiger partial charge in [-0.2, -0.15) is 0 Å². The summed E-state index contributed by atoms with van der Waals surface area (Å²) in [5.74, 6) is -0.749. The smallest absolute Gasteiger partial charge is 0.335 e. The summed E-state index contributed by atoms with van der Waals surface area (Å²) < 4.78 is 0. The second-order valence-corrected chi connectivity index (χ2v) is 7.41. The summed E-state index contributed by atoms with van der Waals surface area (Å²) >= 11 is 0. The number of carboxylic acids is 1. The number of carboxylic acid groups (broad SMARTS) is 1. The first-order valence-electron chi connectivity index (χ1n) is 9.62. The van der Waals surface area contributed by atoms with E-state index in [0.717, 1.165) is 24.8 Å². The molecule has 1 aliphatic carbocycles. The Labute approximate surface area is 159 Å². The number of nitrogens with zero attached hydrogens (tertiary/aromatic N) is 1. The van der Waals surface area contributed by atoms with E-state index >= 15 is 0 Å². The molecule has 7 nitrogen and oxygen atoms in total. The highest BCUT2D eigenvalue weighted by Gasteiger charge is 2.38. The lowest BCUT2D eigenvalue weighted by Gasteiger charge is -2.26. The Hall–Kier alpha value is -2.41. The van der Waals surface area contributed by atoms with Gasteiger partial charge in [0.15, 0.2) is 0 Å². The van der Waals surface area contributed by atoms with Gasteiger partial charge in [-0.3, -0.25) is 14.5 Å². The van der Waals surface area contributed by atoms with E-state index in [2.05, 4.69) is 15.5 Å². The molecular formula is C20H27N3O4. The van der Waals surface area contributed by atoms with Crippen molar-refractivity contribution in [3.05, 3.63) is 35.4 Å². The van der Waals surface area contributed by atoms with Crippen molar-refractivity contribution < 1.29 is 19.5 Å². The molecule has 0 aromatic heterocycles. The minimum Gasteiger partial charge on any atom is -0.478 e. The van der Waals surface area contributed by atoms with E-state index in [0.29, 0.717) is 26.1 Å². The van der Waals surface area contributed by atoms with Gasteiger partial charge in [0.1, 0.15) is 0 Å². The molecule has 0 bridgehead atoms. The quantitative estimate of drug-likeness (QED) is 0.671. The van der Waals surface area contributed by atoms with Gasteiger partial charge in [-0.1, -0.05) is 18.6 Å². The molecule has 1 heterocycles. The Balaban J connectivity index is 1.66. The van der Waals surface area contributed by atoms with Gasteiger partial charge in [0.25, 0.3) is 0 Å². The first kappa shape index (κ1) is 19.4. The molecule has 2 fully saturated rings. The summed E-state index contributed by atoms with van der Waals surface area (Å²) in [7, 11) is 0. The molecule has 0 unspecified atom stereocenters. The second kappa shape index (κ2) is 8.52. The molecule has 0 spiro atoms. The van der Waals surface area contributed by atoms with E-state index in [9.17, 15) is 14.4 Å². The minimum absolute atomic E-state index is 0.0277. The predicted molar refractivity (Wildman–Crippen MR) is 100 cm³/mol. The highest BCUT2D eigenvalue weighted by atomic mass is 16.4. The van der Waals surface area contributed by atoms with Crippen LogP contribution in [0.1, 0.15) is 48.5 Å². The summed E-state index contributed by atoms with van der Waals surface area (Å²) in [4.78, 5) is 37.8. The van der Waals surface area contributed by atoms with E-state index in [1.165, 1.54) is 0 Å². The SMILES string of the molecule is CCNC(=O)[C@@H]1C[C@@H](NC(=O)C2CCC2)CN1Cc1ccc(C(=O)O)cc1. The molecule has 1 saturated heterocycles. The molecular weight excluding hydrogens is 346 g/mol. The van der Waals surface area contributed by atoms with Crippen molar-refractivity contribution in [3.8, 4) is 0 Å². The van der Waals surface area contributed by atoms with Crippen LogP contribution < -0.4 is 10.6 Å². The van der Waals surface area contributed by atoms with Gasteiger partial charge in [-0.15, -0.1) is 0 Å². The molecule has 1 saturated carbocycles. The number of hydrogen-bond acceptors (Lipinski definition) is 4. The molecule has 3 rings (SSSR count). The Kier molecular flexibility index (Phi) is 6.11. The third kappa shape index (κ3) is 4.66. The molecule has 0 radical (unpaired) electrons. The van der Waals surface area contributed by atoms with Crippen LogP contribution in [0.5, 0.6) is 0 Å². The van der Waals surface area contributed by atoms with Crippen molar-refractivity contribution in [2.45, 2.75) is 51.2 Å². The standard InChI is InChI=1S/C20H27N3O4/c1-2-21-19(25)17-10-16(22-18(24)14-4-3-5-14)12-23(17)11-13-6-8-15(9-7-13)20(26)27/h6-9,14,16-17H,2-5,10-12H2,1H3,(H,21,25)(H,22,24)(H,26,27)/t16-,17+/m1/s1. The number of carbonyl (C=O) groups excluding carboxylic acids is 2. The molecule has 3 N–H and O–H groups in total. The van der Waals surface area contributed by atoms with Gasteiger partial charge >= 0.3 is 5.97 Å². The van der Waals surface area contributed by atoms with Crippen LogP contribution in [-0.2, 0) is 16.1 Å². The lowest BCUT2D eigenvalue weighted by Crippen LogP contribution is -2.42. The summed E-state index contributed by atoms with van der Waals surface area (Å²) in [6.07, 6.45) is 3.62.